The minimum Gasteiger partial charge on any atom is -0.340 e. The van der Waals surface area contributed by atoms with Crippen molar-refractivity contribution in [3.63, 3.8) is 0 Å². The van der Waals surface area contributed by atoms with Gasteiger partial charge in [0.2, 0.25) is 5.91 Å². The normalized spacial score (nSPS) is 15.3. The van der Waals surface area contributed by atoms with Crippen molar-refractivity contribution in [3.8, 4) is 0 Å². The molecule has 0 N–H and O–H groups in total. The highest BCUT2D eigenvalue weighted by atomic mass is 32.2. The largest absolute Gasteiger partial charge is 0.340 e. The molecule has 0 aliphatic carbocycles. The van der Waals surface area contributed by atoms with Gasteiger partial charge in [-0.1, -0.05) is 60.7 Å². The summed E-state index contributed by atoms with van der Waals surface area (Å²) in [6, 6.07) is 21.0. The molecule has 0 saturated carbocycles. The van der Waals surface area contributed by atoms with Crippen LogP contribution in [0.4, 0.5) is 0 Å². The van der Waals surface area contributed by atoms with Gasteiger partial charge < -0.3 is 4.90 Å². The maximum absolute atomic E-state index is 12.4. The predicted molar refractivity (Wildman–Crippen MR) is 106 cm³/mol. The van der Waals surface area contributed by atoms with E-state index in [1.165, 1.54) is 11.1 Å². The van der Waals surface area contributed by atoms with Crippen LogP contribution in [0.15, 0.2) is 60.7 Å². The van der Waals surface area contributed by atoms with E-state index in [9.17, 15) is 4.79 Å². The Morgan fingerprint density at radius 2 is 1.44 bits per heavy atom. The zero-order valence-corrected chi connectivity index (χ0v) is 15.5. The van der Waals surface area contributed by atoms with Gasteiger partial charge in [-0.05, 0) is 11.1 Å². The van der Waals surface area contributed by atoms with Crippen LogP contribution < -0.4 is 0 Å². The first-order valence-electron chi connectivity index (χ1n) is 8.97. The lowest BCUT2D eigenvalue weighted by atomic mass is 10.2. The van der Waals surface area contributed by atoms with Crippen LogP contribution in [0, 0.1) is 0 Å². The molecule has 0 spiro atoms. The Labute approximate surface area is 155 Å². The van der Waals surface area contributed by atoms with Gasteiger partial charge in [-0.25, -0.2) is 0 Å². The Kier molecular flexibility index (Phi) is 6.95. The summed E-state index contributed by atoms with van der Waals surface area (Å²) in [5, 5.41) is 0. The molecular formula is C21H26N2OS. The maximum atomic E-state index is 12.4. The third-order valence-electron chi connectivity index (χ3n) is 4.55. The predicted octanol–water partition coefficient (Wildman–Crippen LogP) is 3.65. The van der Waals surface area contributed by atoms with Crippen molar-refractivity contribution in [2.45, 2.75) is 18.7 Å². The second-order valence-electron chi connectivity index (χ2n) is 6.43. The lowest BCUT2D eigenvalue weighted by Gasteiger charge is -2.34. The lowest BCUT2D eigenvalue weighted by Crippen LogP contribution is -2.48. The lowest BCUT2D eigenvalue weighted by molar-refractivity contribution is -0.132. The van der Waals surface area contributed by atoms with Crippen molar-refractivity contribution in [1.82, 2.24) is 9.80 Å². The number of amides is 1. The number of rotatable bonds is 7. The number of hydrogen-bond donors (Lipinski definition) is 0. The van der Waals surface area contributed by atoms with Crippen LogP contribution in [0.1, 0.15) is 17.5 Å². The number of nitrogens with zero attached hydrogens (tertiary/aromatic N) is 2. The van der Waals surface area contributed by atoms with Gasteiger partial charge in [0.1, 0.15) is 0 Å². The quantitative estimate of drug-likeness (QED) is 0.709. The minimum absolute atomic E-state index is 0.305. The van der Waals surface area contributed by atoms with E-state index < -0.39 is 0 Å². The SMILES string of the molecule is O=C(CCSCc1ccccc1)N1CCN(Cc2ccccc2)CC1. The summed E-state index contributed by atoms with van der Waals surface area (Å²) < 4.78 is 0. The molecule has 3 nitrogen and oxygen atoms in total. The molecule has 1 aliphatic rings. The summed E-state index contributed by atoms with van der Waals surface area (Å²) in [5.74, 6) is 2.19. The Morgan fingerprint density at radius 3 is 2.08 bits per heavy atom. The number of carbonyl (C=O) groups excluding carboxylic acids is 1. The van der Waals surface area contributed by atoms with E-state index in [-0.39, 0.29) is 0 Å². The van der Waals surface area contributed by atoms with Gasteiger partial charge in [-0.2, -0.15) is 11.8 Å². The molecule has 25 heavy (non-hydrogen) atoms. The van der Waals surface area contributed by atoms with Crippen molar-refractivity contribution >= 4 is 17.7 Å². The summed E-state index contributed by atoms with van der Waals surface area (Å²) in [7, 11) is 0. The van der Waals surface area contributed by atoms with E-state index in [1.54, 1.807) is 0 Å². The molecule has 0 bridgehead atoms. The average molecular weight is 355 g/mol. The number of carbonyl (C=O) groups is 1. The number of piperazine rings is 1. The summed E-state index contributed by atoms with van der Waals surface area (Å²) >= 11 is 1.84. The average Bonchev–Trinajstić information content (AvgIpc) is 2.67. The topological polar surface area (TPSA) is 23.6 Å². The van der Waals surface area contributed by atoms with Gasteiger partial charge in [0.05, 0.1) is 0 Å². The molecule has 0 unspecified atom stereocenters. The van der Waals surface area contributed by atoms with Crippen molar-refractivity contribution in [1.29, 1.82) is 0 Å². The van der Waals surface area contributed by atoms with Gasteiger partial charge in [0.25, 0.3) is 0 Å². The Bertz CT molecular complexity index is 639. The minimum atomic E-state index is 0.305. The first-order valence-corrected chi connectivity index (χ1v) is 10.1. The second kappa shape index (κ2) is 9.64. The third kappa shape index (κ3) is 5.91. The van der Waals surface area contributed by atoms with Crippen molar-refractivity contribution in [2.24, 2.45) is 0 Å². The Hall–Kier alpha value is -1.78. The standard InChI is InChI=1S/C21H26N2OS/c24-21(11-16-25-18-20-9-5-2-6-10-20)23-14-12-22(13-15-23)17-19-7-3-1-4-8-19/h1-10H,11-18H2. The van der Waals surface area contributed by atoms with Crippen LogP contribution in [0.5, 0.6) is 0 Å². The zero-order chi connectivity index (χ0) is 17.3. The van der Waals surface area contributed by atoms with E-state index >= 15 is 0 Å². The van der Waals surface area contributed by atoms with Crippen molar-refractivity contribution in [3.05, 3.63) is 71.8 Å². The molecule has 1 amide bonds. The molecule has 0 atom stereocenters. The number of thioether (sulfide) groups is 1. The summed E-state index contributed by atoms with van der Waals surface area (Å²) in [4.78, 5) is 16.8. The van der Waals surface area contributed by atoms with E-state index in [4.69, 9.17) is 0 Å². The van der Waals surface area contributed by atoms with Crippen LogP contribution in [0.2, 0.25) is 0 Å². The van der Waals surface area contributed by atoms with Gasteiger partial charge >= 0.3 is 0 Å². The molecule has 2 aromatic rings. The summed E-state index contributed by atoms with van der Waals surface area (Å²) in [6.07, 6.45) is 0.649. The van der Waals surface area contributed by atoms with E-state index in [0.717, 1.165) is 44.2 Å². The smallest absolute Gasteiger partial charge is 0.223 e. The fourth-order valence-corrected chi connectivity index (χ4v) is 3.97. The van der Waals surface area contributed by atoms with Crippen molar-refractivity contribution < 1.29 is 4.79 Å². The number of hydrogen-bond acceptors (Lipinski definition) is 3. The van der Waals surface area contributed by atoms with Crippen LogP contribution >= 0.6 is 11.8 Å². The van der Waals surface area contributed by atoms with Crippen LogP contribution in [-0.4, -0.2) is 47.6 Å². The molecule has 3 rings (SSSR count). The molecule has 2 aromatic carbocycles. The summed E-state index contributed by atoms with van der Waals surface area (Å²) in [6.45, 7) is 4.63. The summed E-state index contributed by atoms with van der Waals surface area (Å²) in [5.41, 5.74) is 2.68. The van der Waals surface area contributed by atoms with E-state index in [1.807, 2.05) is 22.7 Å². The molecule has 0 radical (unpaired) electrons. The second-order valence-corrected chi connectivity index (χ2v) is 7.54. The molecule has 0 aromatic heterocycles. The fraction of sp³-hybridized carbons (Fsp3) is 0.381. The molecule has 1 aliphatic heterocycles. The van der Waals surface area contributed by atoms with Gasteiger partial charge in [-0.3, -0.25) is 9.69 Å². The van der Waals surface area contributed by atoms with Crippen LogP contribution in [0.25, 0.3) is 0 Å². The molecular weight excluding hydrogens is 328 g/mol. The maximum Gasteiger partial charge on any atom is 0.223 e. The monoisotopic (exact) mass is 354 g/mol. The Balaban J connectivity index is 1.33. The highest BCUT2D eigenvalue weighted by molar-refractivity contribution is 7.98. The van der Waals surface area contributed by atoms with Gasteiger partial charge in [0, 0.05) is 50.7 Å². The molecule has 4 heteroatoms. The first-order chi connectivity index (χ1) is 12.3. The number of benzene rings is 2. The van der Waals surface area contributed by atoms with Gasteiger partial charge in [-0.15, -0.1) is 0 Å². The van der Waals surface area contributed by atoms with E-state index in [2.05, 4.69) is 59.5 Å². The molecule has 1 fully saturated rings. The highest BCUT2D eigenvalue weighted by Crippen LogP contribution is 2.14. The van der Waals surface area contributed by atoms with Gasteiger partial charge in [0.15, 0.2) is 0 Å². The van der Waals surface area contributed by atoms with Crippen LogP contribution in [-0.2, 0) is 17.1 Å². The van der Waals surface area contributed by atoms with E-state index in [0.29, 0.717) is 12.3 Å². The molecule has 1 saturated heterocycles. The van der Waals surface area contributed by atoms with Crippen LogP contribution in [0.3, 0.4) is 0 Å². The molecule has 1 heterocycles. The first kappa shape index (κ1) is 18.0. The zero-order valence-electron chi connectivity index (χ0n) is 14.6. The molecule has 132 valence electrons. The third-order valence-corrected chi connectivity index (χ3v) is 5.58. The highest BCUT2D eigenvalue weighted by Gasteiger charge is 2.20. The fourth-order valence-electron chi connectivity index (χ4n) is 3.08. The van der Waals surface area contributed by atoms with Crippen molar-refractivity contribution in [2.75, 3.05) is 31.9 Å². The Morgan fingerprint density at radius 1 is 0.840 bits per heavy atom.